The summed E-state index contributed by atoms with van der Waals surface area (Å²) in [6.07, 6.45) is 0.363. The molecule has 0 spiro atoms. The lowest BCUT2D eigenvalue weighted by atomic mass is 10.1. The van der Waals surface area contributed by atoms with Gasteiger partial charge in [0.05, 0.1) is 7.11 Å². The highest BCUT2D eigenvalue weighted by atomic mass is 32.2. The maximum absolute atomic E-state index is 12.0. The van der Waals surface area contributed by atoms with Gasteiger partial charge in [0.15, 0.2) is 9.84 Å². The van der Waals surface area contributed by atoms with Crippen molar-refractivity contribution >= 4 is 15.5 Å². The predicted molar refractivity (Wildman–Crippen MR) is 74.9 cm³/mol. The molecule has 0 radical (unpaired) electrons. The molecule has 0 unspecified atom stereocenters. The van der Waals surface area contributed by atoms with Gasteiger partial charge in [-0.25, -0.2) is 8.42 Å². The number of benzene rings is 1. The van der Waals surface area contributed by atoms with Crippen LogP contribution in [0.5, 0.6) is 5.75 Å². The van der Waals surface area contributed by atoms with Crippen LogP contribution in [0.4, 0.5) is 0 Å². The molecule has 5 nitrogen and oxygen atoms in total. The molecule has 106 valence electrons. The van der Waals surface area contributed by atoms with Crippen LogP contribution in [0.1, 0.15) is 25.8 Å². The smallest absolute Gasteiger partial charge is 0.158 e. The van der Waals surface area contributed by atoms with E-state index >= 15 is 0 Å². The average Bonchev–Trinajstić information content (AvgIpc) is 2.44. The number of hydrogen-bond acceptors (Lipinski definition) is 5. The molecule has 1 atom stereocenters. The van der Waals surface area contributed by atoms with E-state index < -0.39 is 15.1 Å². The van der Waals surface area contributed by atoms with Gasteiger partial charge in [-0.1, -0.05) is 19.0 Å². The maximum atomic E-state index is 12.0. The molecule has 6 heteroatoms. The molecule has 1 rings (SSSR count). The van der Waals surface area contributed by atoms with Gasteiger partial charge >= 0.3 is 0 Å². The Morgan fingerprint density at radius 1 is 1.32 bits per heavy atom. The molecule has 0 heterocycles. The summed E-state index contributed by atoms with van der Waals surface area (Å²) >= 11 is 0. The highest BCUT2D eigenvalue weighted by Gasteiger charge is 2.28. The number of oxime groups is 1. The van der Waals surface area contributed by atoms with E-state index in [2.05, 4.69) is 5.16 Å². The average molecular weight is 285 g/mol. The van der Waals surface area contributed by atoms with Crippen molar-refractivity contribution in [1.29, 1.82) is 0 Å². The van der Waals surface area contributed by atoms with Gasteiger partial charge in [-0.2, -0.15) is 0 Å². The van der Waals surface area contributed by atoms with E-state index in [1.54, 1.807) is 45.2 Å². The minimum Gasteiger partial charge on any atom is -0.497 e. The Bertz CT molecular complexity index is 534. The van der Waals surface area contributed by atoms with Crippen LogP contribution in [0.25, 0.3) is 0 Å². The van der Waals surface area contributed by atoms with Crippen molar-refractivity contribution in [3.05, 3.63) is 29.8 Å². The number of rotatable bonds is 6. The lowest BCUT2D eigenvalue weighted by molar-refractivity contribution is 0.318. The molecule has 19 heavy (non-hydrogen) atoms. The first-order chi connectivity index (χ1) is 9.00. The lowest BCUT2D eigenvalue weighted by Crippen LogP contribution is -2.31. The van der Waals surface area contributed by atoms with Gasteiger partial charge in [0.2, 0.25) is 0 Å². The van der Waals surface area contributed by atoms with E-state index in [-0.39, 0.29) is 11.5 Å². The van der Waals surface area contributed by atoms with E-state index in [1.807, 2.05) is 0 Å². The molecule has 0 bridgehead atoms. The van der Waals surface area contributed by atoms with Crippen molar-refractivity contribution in [3.63, 3.8) is 0 Å². The zero-order valence-corrected chi connectivity index (χ0v) is 12.1. The fraction of sp³-hybridized carbons (Fsp3) is 0.462. The maximum Gasteiger partial charge on any atom is 0.158 e. The second-order valence-corrected chi connectivity index (χ2v) is 6.53. The first kappa shape index (κ1) is 15.5. The summed E-state index contributed by atoms with van der Waals surface area (Å²) in [6, 6.07) is 6.76. The summed E-state index contributed by atoms with van der Waals surface area (Å²) in [6.45, 7) is 3.34. The molecule has 0 aromatic heterocycles. The molecular formula is C13H19NO4S. The summed E-state index contributed by atoms with van der Waals surface area (Å²) in [5, 5.41) is 11.6. The van der Waals surface area contributed by atoms with Gasteiger partial charge in [-0.15, -0.1) is 0 Å². The van der Waals surface area contributed by atoms with Gasteiger partial charge in [0.1, 0.15) is 16.7 Å². The third kappa shape index (κ3) is 3.47. The Morgan fingerprint density at radius 3 is 2.26 bits per heavy atom. The molecule has 1 aromatic carbocycles. The third-order valence-electron chi connectivity index (χ3n) is 3.01. The quantitative estimate of drug-likeness (QED) is 0.493. The van der Waals surface area contributed by atoms with E-state index in [1.165, 1.54) is 0 Å². The Labute approximate surface area is 113 Å². The molecule has 1 N–H and O–H groups in total. The minimum absolute atomic E-state index is 0.0146. The fourth-order valence-corrected chi connectivity index (χ4v) is 3.32. The zero-order chi connectivity index (χ0) is 14.5. The van der Waals surface area contributed by atoms with Gasteiger partial charge in [0.25, 0.3) is 0 Å². The summed E-state index contributed by atoms with van der Waals surface area (Å²) in [5.74, 6) is 0.674. The zero-order valence-electron chi connectivity index (χ0n) is 11.3. The van der Waals surface area contributed by atoms with Crippen LogP contribution >= 0.6 is 0 Å². The van der Waals surface area contributed by atoms with Crippen molar-refractivity contribution in [2.45, 2.75) is 25.5 Å². The molecule has 0 aliphatic carbocycles. The normalized spacial score (nSPS) is 14.2. The largest absolute Gasteiger partial charge is 0.497 e. The topological polar surface area (TPSA) is 76.0 Å². The highest BCUT2D eigenvalue weighted by Crippen LogP contribution is 2.18. The van der Waals surface area contributed by atoms with Crippen LogP contribution < -0.4 is 4.74 Å². The monoisotopic (exact) mass is 285 g/mol. The molecule has 0 aliphatic heterocycles. The second kappa shape index (κ2) is 6.56. The second-order valence-electron chi connectivity index (χ2n) is 4.06. The van der Waals surface area contributed by atoms with E-state index in [4.69, 9.17) is 9.94 Å². The van der Waals surface area contributed by atoms with Crippen molar-refractivity contribution < 1.29 is 18.4 Å². The Balaban J connectivity index is 3.19. The van der Waals surface area contributed by atoms with Crippen LogP contribution in [0.15, 0.2) is 29.4 Å². The molecule has 0 fully saturated rings. The van der Waals surface area contributed by atoms with E-state index in [0.717, 1.165) is 0 Å². The van der Waals surface area contributed by atoms with Crippen LogP contribution in [0.3, 0.4) is 0 Å². The van der Waals surface area contributed by atoms with Crippen LogP contribution in [0.2, 0.25) is 0 Å². The number of methoxy groups -OCH3 is 1. The lowest BCUT2D eigenvalue weighted by Gasteiger charge is -2.16. The van der Waals surface area contributed by atoms with Crippen LogP contribution in [-0.2, 0) is 9.84 Å². The van der Waals surface area contributed by atoms with Crippen molar-refractivity contribution in [2.75, 3.05) is 12.9 Å². The van der Waals surface area contributed by atoms with Crippen molar-refractivity contribution in [3.8, 4) is 5.75 Å². The van der Waals surface area contributed by atoms with E-state index in [9.17, 15) is 8.42 Å². The number of hydrogen-bond donors (Lipinski definition) is 1. The minimum atomic E-state index is -3.31. The Morgan fingerprint density at radius 2 is 1.89 bits per heavy atom. The van der Waals surface area contributed by atoms with Crippen LogP contribution in [-0.4, -0.2) is 37.4 Å². The van der Waals surface area contributed by atoms with Gasteiger partial charge in [-0.05, 0) is 30.7 Å². The Hall–Kier alpha value is -1.56. The first-order valence-corrected chi connectivity index (χ1v) is 7.79. The molecule has 0 amide bonds. The van der Waals surface area contributed by atoms with Crippen molar-refractivity contribution in [1.82, 2.24) is 0 Å². The molecular weight excluding hydrogens is 266 g/mol. The van der Waals surface area contributed by atoms with Crippen molar-refractivity contribution in [2.24, 2.45) is 5.16 Å². The highest BCUT2D eigenvalue weighted by molar-refractivity contribution is 7.92. The van der Waals surface area contributed by atoms with Gasteiger partial charge in [0, 0.05) is 11.3 Å². The standard InChI is InChI=1S/C13H19NO4S/c1-4-12(19(16,17)5-2)13(14-15)10-6-8-11(18-3)9-7-10/h6-9,12,15H,4-5H2,1-3H3/b14-13-/t12-/m0/s1. The van der Waals surface area contributed by atoms with Crippen LogP contribution in [0, 0.1) is 0 Å². The Kier molecular flexibility index (Phi) is 5.35. The molecule has 0 aliphatic rings. The number of nitrogens with zero attached hydrogens (tertiary/aromatic N) is 1. The first-order valence-electron chi connectivity index (χ1n) is 6.08. The number of sulfone groups is 1. The number of ether oxygens (including phenoxy) is 1. The summed E-state index contributed by atoms with van der Waals surface area (Å²) in [5.41, 5.74) is 0.749. The van der Waals surface area contributed by atoms with Gasteiger partial charge in [-0.3, -0.25) is 0 Å². The third-order valence-corrected chi connectivity index (χ3v) is 5.23. The molecule has 0 saturated heterocycles. The fourth-order valence-electron chi connectivity index (χ4n) is 1.89. The molecule has 0 saturated carbocycles. The summed E-state index contributed by atoms with van der Waals surface area (Å²) < 4.78 is 29.1. The van der Waals surface area contributed by atoms with E-state index in [0.29, 0.717) is 17.7 Å². The predicted octanol–water partition coefficient (Wildman–Crippen LogP) is 2.09. The SMILES string of the molecule is CC[C@@H](/C(=N\O)c1ccc(OC)cc1)S(=O)(=O)CC. The summed E-state index contributed by atoms with van der Waals surface area (Å²) in [4.78, 5) is 0. The summed E-state index contributed by atoms with van der Waals surface area (Å²) in [7, 11) is -1.76. The molecule has 1 aromatic rings. The van der Waals surface area contributed by atoms with Gasteiger partial charge < -0.3 is 9.94 Å².